The zero-order valence-corrected chi connectivity index (χ0v) is 8.16. The molecule has 2 atom stereocenters. The van der Waals surface area contributed by atoms with Gasteiger partial charge >= 0.3 is 8.25 Å². The van der Waals surface area contributed by atoms with Crippen molar-refractivity contribution in [1.29, 1.82) is 0 Å². The van der Waals surface area contributed by atoms with Gasteiger partial charge < -0.3 is 0 Å². The van der Waals surface area contributed by atoms with Crippen LogP contribution in [-0.4, -0.2) is 6.61 Å². The van der Waals surface area contributed by atoms with Gasteiger partial charge in [0, 0.05) is 4.57 Å². The number of hydrogen-bond donors (Lipinski definition) is 0. The Morgan fingerprint density at radius 1 is 1.38 bits per heavy atom. The van der Waals surface area contributed by atoms with Gasteiger partial charge in [-0.3, -0.25) is 0 Å². The molecule has 1 fully saturated rings. The molecule has 1 heterocycles. The lowest BCUT2D eigenvalue weighted by molar-refractivity contribution is 0.117. The van der Waals surface area contributed by atoms with E-state index in [4.69, 9.17) is 9.05 Å². The molecule has 0 amide bonds. The maximum Gasteiger partial charge on any atom is 0.698 e. The van der Waals surface area contributed by atoms with Gasteiger partial charge in [0.2, 0.25) is 0 Å². The highest BCUT2D eigenvalue weighted by Gasteiger charge is 2.48. The van der Waals surface area contributed by atoms with Crippen LogP contribution in [0.2, 0.25) is 0 Å². The van der Waals surface area contributed by atoms with E-state index in [1.54, 1.807) is 0 Å². The van der Waals surface area contributed by atoms with E-state index < -0.39 is 13.9 Å². The average molecular weight is 197 g/mol. The van der Waals surface area contributed by atoms with E-state index in [9.17, 15) is 4.57 Å². The van der Waals surface area contributed by atoms with Gasteiger partial charge in [-0.1, -0.05) is 30.3 Å². The minimum Gasteiger partial charge on any atom is -0.115 e. The Balaban J connectivity index is 2.31. The zero-order chi connectivity index (χ0) is 9.31. The van der Waals surface area contributed by atoms with Crippen molar-refractivity contribution in [1.82, 2.24) is 0 Å². The van der Waals surface area contributed by atoms with Crippen molar-refractivity contribution in [2.45, 2.75) is 12.5 Å². The molecule has 68 valence electrons. The standard InChI is InChI=1S/C9H10O3P/c1-9(7-11-13(10)12-9)8-5-3-2-4-6-8/h2-6H,7H2,1H3/q+1. The van der Waals surface area contributed by atoms with Crippen LogP contribution in [0.15, 0.2) is 30.3 Å². The largest absolute Gasteiger partial charge is 0.698 e. The second kappa shape index (κ2) is 3.18. The van der Waals surface area contributed by atoms with Crippen LogP contribution in [0.25, 0.3) is 0 Å². The average Bonchev–Trinajstić information content (AvgIpc) is 2.49. The topological polar surface area (TPSA) is 35.5 Å². The SMILES string of the molecule is CC1(c2ccccc2)CO[P+](=O)O1. The Hall–Kier alpha value is -0.760. The van der Waals surface area contributed by atoms with Crippen LogP contribution in [0.5, 0.6) is 0 Å². The van der Waals surface area contributed by atoms with Gasteiger partial charge in [0.05, 0.1) is 0 Å². The summed E-state index contributed by atoms with van der Waals surface area (Å²) >= 11 is 0. The molecule has 0 aliphatic carbocycles. The second-order valence-corrected chi connectivity index (χ2v) is 4.07. The number of rotatable bonds is 1. The number of benzene rings is 1. The molecule has 4 heteroatoms. The second-order valence-electron chi connectivity index (χ2n) is 3.19. The monoisotopic (exact) mass is 197 g/mol. The fourth-order valence-corrected chi connectivity index (χ4v) is 2.21. The summed E-state index contributed by atoms with van der Waals surface area (Å²) in [6.07, 6.45) is 0. The van der Waals surface area contributed by atoms with Crippen LogP contribution < -0.4 is 0 Å². The smallest absolute Gasteiger partial charge is 0.115 e. The van der Waals surface area contributed by atoms with E-state index in [0.717, 1.165) is 5.56 Å². The van der Waals surface area contributed by atoms with Crippen LogP contribution in [0.3, 0.4) is 0 Å². The summed E-state index contributed by atoms with van der Waals surface area (Å²) in [7, 11) is -1.93. The molecule has 0 saturated carbocycles. The fraction of sp³-hybridized carbons (Fsp3) is 0.333. The van der Waals surface area contributed by atoms with E-state index in [1.807, 2.05) is 37.3 Å². The molecular weight excluding hydrogens is 187 g/mol. The molecule has 13 heavy (non-hydrogen) atoms. The van der Waals surface area contributed by atoms with Crippen molar-refractivity contribution in [2.24, 2.45) is 0 Å². The summed E-state index contributed by atoms with van der Waals surface area (Å²) in [5, 5.41) is 0. The molecule has 1 aliphatic heterocycles. The first-order valence-electron chi connectivity index (χ1n) is 4.05. The number of hydrogen-bond acceptors (Lipinski definition) is 3. The summed E-state index contributed by atoms with van der Waals surface area (Å²) in [6.45, 7) is 2.23. The third kappa shape index (κ3) is 1.63. The Kier molecular flexibility index (Phi) is 2.16. The maximum absolute atomic E-state index is 10.9. The van der Waals surface area contributed by atoms with Crippen LogP contribution in [0, 0.1) is 0 Å². The lowest BCUT2D eigenvalue weighted by atomic mass is 9.97. The Morgan fingerprint density at radius 2 is 2.08 bits per heavy atom. The van der Waals surface area contributed by atoms with E-state index in [1.165, 1.54) is 0 Å². The van der Waals surface area contributed by atoms with Crippen LogP contribution in [0.1, 0.15) is 12.5 Å². The highest BCUT2D eigenvalue weighted by Crippen LogP contribution is 2.45. The lowest BCUT2D eigenvalue weighted by Gasteiger charge is -2.14. The van der Waals surface area contributed by atoms with Gasteiger partial charge in [-0.2, -0.15) is 0 Å². The van der Waals surface area contributed by atoms with Crippen molar-refractivity contribution < 1.29 is 13.6 Å². The third-order valence-corrected chi connectivity index (χ3v) is 3.00. The zero-order valence-electron chi connectivity index (χ0n) is 7.27. The van der Waals surface area contributed by atoms with Gasteiger partial charge in [0.1, 0.15) is 6.61 Å². The first-order chi connectivity index (χ1) is 6.21. The highest BCUT2D eigenvalue weighted by molar-refractivity contribution is 7.33. The minimum absolute atomic E-state index is 0.353. The fourth-order valence-electron chi connectivity index (χ4n) is 1.32. The summed E-state index contributed by atoms with van der Waals surface area (Å²) < 4.78 is 21.1. The Morgan fingerprint density at radius 3 is 2.62 bits per heavy atom. The lowest BCUT2D eigenvalue weighted by Crippen LogP contribution is -2.22. The molecule has 0 radical (unpaired) electrons. The van der Waals surface area contributed by atoms with Gasteiger partial charge in [0.15, 0.2) is 5.60 Å². The van der Waals surface area contributed by atoms with E-state index in [-0.39, 0.29) is 0 Å². The normalized spacial score (nSPS) is 30.7. The van der Waals surface area contributed by atoms with E-state index in [2.05, 4.69) is 0 Å². The molecule has 0 bridgehead atoms. The van der Waals surface area contributed by atoms with Crippen LogP contribution in [-0.2, 0) is 19.2 Å². The van der Waals surface area contributed by atoms with E-state index >= 15 is 0 Å². The molecule has 1 aliphatic rings. The molecule has 0 N–H and O–H groups in total. The summed E-state index contributed by atoms with van der Waals surface area (Å²) in [6, 6.07) is 9.67. The summed E-state index contributed by atoms with van der Waals surface area (Å²) in [4.78, 5) is 0. The van der Waals surface area contributed by atoms with Gasteiger partial charge in [0.25, 0.3) is 0 Å². The minimum atomic E-state index is -1.93. The predicted molar refractivity (Wildman–Crippen MR) is 48.4 cm³/mol. The predicted octanol–water partition coefficient (Wildman–Crippen LogP) is 2.61. The van der Waals surface area contributed by atoms with Crippen molar-refractivity contribution >= 4 is 8.25 Å². The molecule has 1 aromatic rings. The molecule has 0 aromatic heterocycles. The van der Waals surface area contributed by atoms with Gasteiger partial charge in [-0.15, -0.1) is 9.05 Å². The van der Waals surface area contributed by atoms with Crippen molar-refractivity contribution in [3.05, 3.63) is 35.9 Å². The Bertz CT molecular complexity index is 325. The molecule has 0 spiro atoms. The molecule has 1 aromatic carbocycles. The third-order valence-electron chi connectivity index (χ3n) is 2.11. The van der Waals surface area contributed by atoms with Crippen molar-refractivity contribution in [3.63, 3.8) is 0 Å². The highest BCUT2D eigenvalue weighted by atomic mass is 31.1. The maximum atomic E-state index is 10.9. The van der Waals surface area contributed by atoms with Gasteiger partial charge in [-0.25, -0.2) is 0 Å². The Labute approximate surface area is 77.6 Å². The quantitative estimate of drug-likeness (QED) is 0.649. The molecule has 3 nitrogen and oxygen atoms in total. The molecular formula is C9H10O3P+. The molecule has 1 saturated heterocycles. The van der Waals surface area contributed by atoms with Crippen LogP contribution in [0.4, 0.5) is 0 Å². The van der Waals surface area contributed by atoms with E-state index in [0.29, 0.717) is 6.61 Å². The molecule has 2 unspecified atom stereocenters. The van der Waals surface area contributed by atoms with Crippen molar-refractivity contribution in [2.75, 3.05) is 6.61 Å². The summed E-state index contributed by atoms with van der Waals surface area (Å²) in [5.41, 5.74) is 0.449. The van der Waals surface area contributed by atoms with Gasteiger partial charge in [-0.05, 0) is 12.5 Å². The van der Waals surface area contributed by atoms with Crippen LogP contribution >= 0.6 is 8.25 Å². The van der Waals surface area contributed by atoms with Crippen molar-refractivity contribution in [3.8, 4) is 0 Å². The first kappa shape index (κ1) is 8.82. The first-order valence-corrected chi connectivity index (χ1v) is 5.15. The summed E-state index contributed by atoms with van der Waals surface area (Å²) in [5.74, 6) is 0. The molecule has 2 rings (SSSR count).